The molecule has 4 nitrogen and oxygen atoms in total. The maximum Gasteiger partial charge on any atom is 0.314 e. The molecule has 1 saturated carbocycles. The molecule has 1 fully saturated rings. The van der Waals surface area contributed by atoms with Crippen LogP contribution in [0.2, 0.25) is 5.02 Å². The zero-order chi connectivity index (χ0) is 15.7. The van der Waals surface area contributed by atoms with Gasteiger partial charge in [-0.25, -0.2) is 4.39 Å². The van der Waals surface area contributed by atoms with Crippen molar-refractivity contribution in [1.82, 2.24) is 0 Å². The van der Waals surface area contributed by atoms with E-state index in [0.29, 0.717) is 38.2 Å². The standard InChI is InChI=1S/C16H18ClFO4/c17-10-9-11-14(22-8-4-7-21-11)12(13(10)18)16(15(19)20)5-2-1-3-6-16/h9H,1-8H2,(H,19,20). The van der Waals surface area contributed by atoms with Gasteiger partial charge in [-0.15, -0.1) is 0 Å². The second-order valence-electron chi connectivity index (χ2n) is 5.87. The van der Waals surface area contributed by atoms with Crippen LogP contribution in [-0.4, -0.2) is 24.3 Å². The first-order chi connectivity index (χ1) is 10.6. The van der Waals surface area contributed by atoms with Crippen molar-refractivity contribution in [1.29, 1.82) is 0 Å². The van der Waals surface area contributed by atoms with Crippen LogP contribution < -0.4 is 9.47 Å². The quantitative estimate of drug-likeness (QED) is 0.893. The van der Waals surface area contributed by atoms with Gasteiger partial charge in [-0.3, -0.25) is 4.79 Å². The molecule has 0 saturated heterocycles. The van der Waals surface area contributed by atoms with E-state index in [4.69, 9.17) is 21.1 Å². The summed E-state index contributed by atoms with van der Waals surface area (Å²) in [6.45, 7) is 0.811. The third kappa shape index (κ3) is 2.41. The van der Waals surface area contributed by atoms with E-state index >= 15 is 0 Å². The van der Waals surface area contributed by atoms with Gasteiger partial charge in [0.15, 0.2) is 11.5 Å². The van der Waals surface area contributed by atoms with E-state index in [0.717, 1.165) is 19.3 Å². The summed E-state index contributed by atoms with van der Waals surface area (Å²) in [5.41, 5.74) is -1.23. The molecule has 0 spiro atoms. The summed E-state index contributed by atoms with van der Waals surface area (Å²) < 4.78 is 26.0. The van der Waals surface area contributed by atoms with E-state index in [1.807, 2.05) is 0 Å². The second-order valence-corrected chi connectivity index (χ2v) is 6.28. The molecule has 0 bridgehead atoms. The van der Waals surface area contributed by atoms with Crippen LogP contribution in [0, 0.1) is 5.82 Å². The normalized spacial score (nSPS) is 20.3. The number of carboxylic acid groups (broad SMARTS) is 1. The number of carbonyl (C=O) groups is 1. The predicted octanol–water partition coefficient (Wildman–Crippen LogP) is 3.93. The summed E-state index contributed by atoms with van der Waals surface area (Å²) in [6.07, 6.45) is 3.87. The molecular weight excluding hydrogens is 311 g/mol. The first-order valence-electron chi connectivity index (χ1n) is 7.58. The maximum absolute atomic E-state index is 14.8. The lowest BCUT2D eigenvalue weighted by Crippen LogP contribution is -2.39. The van der Waals surface area contributed by atoms with Crippen LogP contribution in [0.4, 0.5) is 4.39 Å². The Bertz CT molecular complexity index is 596. The topological polar surface area (TPSA) is 55.8 Å². The Morgan fingerprint density at radius 3 is 2.55 bits per heavy atom. The van der Waals surface area contributed by atoms with E-state index < -0.39 is 17.2 Å². The summed E-state index contributed by atoms with van der Waals surface area (Å²) in [6, 6.07) is 1.37. The van der Waals surface area contributed by atoms with Gasteiger partial charge in [-0.05, 0) is 12.8 Å². The van der Waals surface area contributed by atoms with E-state index in [-0.39, 0.29) is 16.3 Å². The zero-order valence-electron chi connectivity index (χ0n) is 12.2. The van der Waals surface area contributed by atoms with Crippen molar-refractivity contribution in [3.63, 3.8) is 0 Å². The van der Waals surface area contributed by atoms with Crippen molar-refractivity contribution in [2.45, 2.75) is 43.9 Å². The number of carboxylic acids is 1. The fourth-order valence-electron chi connectivity index (χ4n) is 3.41. The van der Waals surface area contributed by atoms with E-state index in [1.54, 1.807) is 0 Å². The summed E-state index contributed by atoms with van der Waals surface area (Å²) in [7, 11) is 0. The lowest BCUT2D eigenvalue weighted by Gasteiger charge is -2.35. The Morgan fingerprint density at radius 2 is 1.86 bits per heavy atom. The highest BCUT2D eigenvalue weighted by Gasteiger charge is 2.47. The van der Waals surface area contributed by atoms with Crippen LogP contribution in [0.1, 0.15) is 44.1 Å². The Balaban J connectivity index is 2.23. The number of fused-ring (bicyclic) bond motifs is 1. The Kier molecular flexibility index (Phi) is 4.17. The molecule has 0 radical (unpaired) electrons. The third-order valence-electron chi connectivity index (χ3n) is 4.53. The lowest BCUT2D eigenvalue weighted by atomic mass is 9.69. The minimum Gasteiger partial charge on any atom is -0.489 e. The molecule has 0 unspecified atom stereocenters. The first-order valence-corrected chi connectivity index (χ1v) is 7.95. The van der Waals surface area contributed by atoms with Crippen LogP contribution in [0.25, 0.3) is 0 Å². The average molecular weight is 329 g/mol. The largest absolute Gasteiger partial charge is 0.489 e. The lowest BCUT2D eigenvalue weighted by molar-refractivity contribution is -0.145. The molecular formula is C16H18ClFO4. The van der Waals surface area contributed by atoms with Crippen LogP contribution in [0.15, 0.2) is 6.07 Å². The Hall–Kier alpha value is -1.49. The third-order valence-corrected chi connectivity index (χ3v) is 4.80. The number of rotatable bonds is 2. The Morgan fingerprint density at radius 1 is 1.18 bits per heavy atom. The molecule has 0 atom stereocenters. The fraction of sp³-hybridized carbons (Fsp3) is 0.562. The molecule has 120 valence electrons. The van der Waals surface area contributed by atoms with Crippen LogP contribution >= 0.6 is 11.6 Å². The molecule has 1 aromatic rings. The molecule has 1 aromatic carbocycles. The molecule has 1 heterocycles. The van der Waals surface area contributed by atoms with Crippen LogP contribution in [-0.2, 0) is 10.2 Å². The second kappa shape index (κ2) is 5.95. The number of benzene rings is 1. The first kappa shape index (κ1) is 15.4. The van der Waals surface area contributed by atoms with Crippen molar-refractivity contribution >= 4 is 17.6 Å². The van der Waals surface area contributed by atoms with Crippen molar-refractivity contribution in [2.24, 2.45) is 0 Å². The molecule has 1 N–H and O–H groups in total. The molecule has 1 aliphatic heterocycles. The van der Waals surface area contributed by atoms with Crippen LogP contribution in [0.3, 0.4) is 0 Å². The van der Waals surface area contributed by atoms with Crippen molar-refractivity contribution in [3.05, 3.63) is 22.5 Å². The monoisotopic (exact) mass is 328 g/mol. The minimum absolute atomic E-state index is 0.0594. The highest BCUT2D eigenvalue weighted by Crippen LogP contribution is 2.50. The number of hydrogen-bond acceptors (Lipinski definition) is 3. The van der Waals surface area contributed by atoms with Crippen molar-refractivity contribution < 1.29 is 23.8 Å². The van der Waals surface area contributed by atoms with E-state index in [9.17, 15) is 14.3 Å². The molecule has 2 aliphatic rings. The average Bonchev–Trinajstić information content (AvgIpc) is 2.74. The van der Waals surface area contributed by atoms with Crippen molar-refractivity contribution in [2.75, 3.05) is 13.2 Å². The molecule has 6 heteroatoms. The highest BCUT2D eigenvalue weighted by atomic mass is 35.5. The summed E-state index contributed by atoms with van der Waals surface area (Å²) >= 11 is 5.99. The highest BCUT2D eigenvalue weighted by molar-refractivity contribution is 6.31. The maximum atomic E-state index is 14.8. The van der Waals surface area contributed by atoms with Gasteiger partial charge in [0.05, 0.1) is 29.2 Å². The summed E-state index contributed by atoms with van der Waals surface area (Å²) in [4.78, 5) is 12.0. The zero-order valence-corrected chi connectivity index (χ0v) is 12.9. The van der Waals surface area contributed by atoms with Gasteiger partial charge in [0.1, 0.15) is 5.82 Å². The SMILES string of the molecule is O=C(O)C1(c2c(F)c(Cl)cc3c2OCCCO3)CCCCC1. The van der Waals surface area contributed by atoms with Crippen LogP contribution in [0.5, 0.6) is 11.5 Å². The predicted molar refractivity (Wildman–Crippen MR) is 79.4 cm³/mol. The van der Waals surface area contributed by atoms with Gasteiger partial charge in [0.25, 0.3) is 0 Å². The number of hydrogen-bond donors (Lipinski definition) is 1. The molecule has 0 aromatic heterocycles. The smallest absolute Gasteiger partial charge is 0.314 e. The van der Waals surface area contributed by atoms with Crippen molar-refractivity contribution in [3.8, 4) is 11.5 Å². The van der Waals surface area contributed by atoms with Gasteiger partial charge in [-0.2, -0.15) is 0 Å². The molecule has 1 aliphatic carbocycles. The van der Waals surface area contributed by atoms with Gasteiger partial charge >= 0.3 is 5.97 Å². The Labute approximate surface area is 133 Å². The van der Waals surface area contributed by atoms with Gasteiger partial charge in [0.2, 0.25) is 0 Å². The fourth-order valence-corrected chi connectivity index (χ4v) is 3.60. The number of ether oxygens (including phenoxy) is 2. The minimum atomic E-state index is -1.29. The van der Waals surface area contributed by atoms with E-state index in [2.05, 4.69) is 0 Å². The number of aliphatic carboxylic acids is 1. The summed E-state index contributed by atoms with van der Waals surface area (Å²) in [5, 5.41) is 9.70. The number of halogens is 2. The van der Waals surface area contributed by atoms with Gasteiger partial charge < -0.3 is 14.6 Å². The molecule has 0 amide bonds. The van der Waals surface area contributed by atoms with Gasteiger partial charge in [0, 0.05) is 12.5 Å². The molecule has 3 rings (SSSR count). The van der Waals surface area contributed by atoms with E-state index in [1.165, 1.54) is 6.07 Å². The van der Waals surface area contributed by atoms with Gasteiger partial charge in [-0.1, -0.05) is 30.9 Å². The molecule has 22 heavy (non-hydrogen) atoms. The summed E-state index contributed by atoms with van der Waals surface area (Å²) in [5.74, 6) is -1.17.